The second kappa shape index (κ2) is 6.92. The molecule has 17 heavy (non-hydrogen) atoms. The summed E-state index contributed by atoms with van der Waals surface area (Å²) in [5.41, 5.74) is 0. The molecule has 0 amide bonds. The van der Waals surface area contributed by atoms with Crippen LogP contribution < -0.4 is 0 Å². The first-order chi connectivity index (χ1) is 8.01. The third-order valence-electron chi connectivity index (χ3n) is 3.15. The van der Waals surface area contributed by atoms with Gasteiger partial charge in [-0.2, -0.15) is 4.31 Å². The van der Waals surface area contributed by atoms with Crippen molar-refractivity contribution in [1.29, 1.82) is 0 Å². The van der Waals surface area contributed by atoms with Crippen molar-refractivity contribution in [3.63, 3.8) is 0 Å². The van der Waals surface area contributed by atoms with Crippen molar-refractivity contribution >= 4 is 21.6 Å². The number of aliphatic hydroxyl groups is 1. The molecule has 4 nitrogen and oxygen atoms in total. The lowest BCUT2D eigenvalue weighted by molar-refractivity contribution is 0.186. The first-order valence-corrected chi connectivity index (χ1v) is 8.32. The van der Waals surface area contributed by atoms with Gasteiger partial charge in [-0.15, -0.1) is 11.6 Å². The molecule has 1 heterocycles. The van der Waals surface area contributed by atoms with Gasteiger partial charge in [-0.05, 0) is 18.8 Å². The minimum Gasteiger partial charge on any atom is -0.395 e. The fourth-order valence-electron chi connectivity index (χ4n) is 2.20. The number of nitrogens with zero attached hydrogens (tertiary/aromatic N) is 1. The third-order valence-corrected chi connectivity index (χ3v) is 5.86. The summed E-state index contributed by atoms with van der Waals surface area (Å²) in [6.07, 6.45) is 3.66. The summed E-state index contributed by atoms with van der Waals surface area (Å²) in [7, 11) is -3.29. The molecule has 0 aromatic rings. The Hall–Kier alpha value is 0.160. The maximum Gasteiger partial charge on any atom is 0.214 e. The summed E-state index contributed by atoms with van der Waals surface area (Å²) in [5.74, 6) is 0.369. The Morgan fingerprint density at radius 2 is 2.12 bits per heavy atom. The molecule has 102 valence electrons. The Bertz CT molecular complexity index is 321. The highest BCUT2D eigenvalue weighted by Gasteiger charge is 2.31. The number of halogens is 1. The number of aliphatic hydroxyl groups excluding tert-OH is 1. The second-order valence-corrected chi connectivity index (χ2v) is 7.11. The van der Waals surface area contributed by atoms with Gasteiger partial charge in [-0.3, -0.25) is 0 Å². The van der Waals surface area contributed by atoms with Crippen molar-refractivity contribution in [3.05, 3.63) is 0 Å². The molecule has 0 aromatic carbocycles. The fourth-order valence-corrected chi connectivity index (χ4v) is 4.50. The van der Waals surface area contributed by atoms with Crippen LogP contribution in [0, 0.1) is 5.92 Å². The van der Waals surface area contributed by atoms with E-state index in [1.165, 1.54) is 4.31 Å². The predicted molar refractivity (Wildman–Crippen MR) is 69.7 cm³/mol. The molecule has 1 aliphatic heterocycles. The minimum absolute atomic E-state index is 0.0516. The molecule has 0 aromatic heterocycles. The molecule has 2 atom stereocenters. The van der Waals surface area contributed by atoms with E-state index in [0.717, 1.165) is 25.7 Å². The average molecular weight is 284 g/mol. The van der Waals surface area contributed by atoms with Crippen LogP contribution in [0.1, 0.15) is 32.6 Å². The molecular formula is C11H22ClNO3S. The van der Waals surface area contributed by atoms with Gasteiger partial charge in [0.15, 0.2) is 0 Å². The second-order valence-electron chi connectivity index (χ2n) is 4.83. The molecule has 0 radical (unpaired) electrons. The van der Waals surface area contributed by atoms with Crippen molar-refractivity contribution < 1.29 is 13.5 Å². The van der Waals surface area contributed by atoms with E-state index in [2.05, 4.69) is 0 Å². The largest absolute Gasteiger partial charge is 0.395 e. The van der Waals surface area contributed by atoms with Crippen LogP contribution >= 0.6 is 11.6 Å². The van der Waals surface area contributed by atoms with Gasteiger partial charge in [0.2, 0.25) is 10.0 Å². The monoisotopic (exact) mass is 283 g/mol. The minimum atomic E-state index is -3.29. The predicted octanol–water partition coefficient (Wildman–Crippen LogP) is 1.43. The van der Waals surface area contributed by atoms with Crippen LogP contribution in [0.2, 0.25) is 0 Å². The molecule has 0 spiro atoms. The van der Waals surface area contributed by atoms with Gasteiger partial charge in [0.1, 0.15) is 0 Å². The Kier molecular flexibility index (Phi) is 6.20. The van der Waals surface area contributed by atoms with Crippen molar-refractivity contribution in [2.75, 3.05) is 24.8 Å². The topological polar surface area (TPSA) is 57.6 Å². The van der Waals surface area contributed by atoms with Crippen LogP contribution in [0.5, 0.6) is 0 Å². The first kappa shape index (κ1) is 15.2. The van der Waals surface area contributed by atoms with E-state index in [4.69, 9.17) is 11.6 Å². The molecule has 0 bridgehead atoms. The van der Waals surface area contributed by atoms with Crippen molar-refractivity contribution in [2.45, 2.75) is 38.6 Å². The number of hydrogen-bond acceptors (Lipinski definition) is 3. The summed E-state index contributed by atoms with van der Waals surface area (Å²) in [5, 5.41) is 9.31. The van der Waals surface area contributed by atoms with Crippen molar-refractivity contribution in [2.24, 2.45) is 5.92 Å². The standard InChI is InChI=1S/C11H22ClNO3S/c1-10(7-12)9-17(15,16)13-6-4-2-3-5-11(13)8-14/h10-11,14H,2-9H2,1H3. The third kappa shape index (κ3) is 4.39. The van der Waals surface area contributed by atoms with Gasteiger partial charge in [0.25, 0.3) is 0 Å². The Labute approximate surface area is 109 Å². The van der Waals surface area contributed by atoms with Gasteiger partial charge in [0, 0.05) is 18.5 Å². The van der Waals surface area contributed by atoms with Crippen LogP contribution in [0.25, 0.3) is 0 Å². The van der Waals surface area contributed by atoms with Gasteiger partial charge in [-0.1, -0.05) is 19.8 Å². The molecule has 0 aliphatic carbocycles. The molecular weight excluding hydrogens is 262 g/mol. The summed E-state index contributed by atoms with van der Waals surface area (Å²) in [6, 6.07) is -0.245. The Balaban J connectivity index is 2.78. The Morgan fingerprint density at radius 3 is 2.71 bits per heavy atom. The van der Waals surface area contributed by atoms with Crippen LogP contribution in [0.3, 0.4) is 0 Å². The number of alkyl halides is 1. The highest BCUT2D eigenvalue weighted by molar-refractivity contribution is 7.89. The highest BCUT2D eigenvalue weighted by Crippen LogP contribution is 2.21. The average Bonchev–Trinajstić information content (AvgIpc) is 2.53. The van der Waals surface area contributed by atoms with E-state index in [1.807, 2.05) is 6.92 Å². The normalized spacial score (nSPS) is 25.5. The highest BCUT2D eigenvalue weighted by atomic mass is 35.5. The Morgan fingerprint density at radius 1 is 1.41 bits per heavy atom. The van der Waals surface area contributed by atoms with E-state index in [0.29, 0.717) is 12.4 Å². The van der Waals surface area contributed by atoms with Crippen LogP contribution in [0.4, 0.5) is 0 Å². The molecule has 6 heteroatoms. The number of hydrogen-bond donors (Lipinski definition) is 1. The van der Waals surface area contributed by atoms with Crippen LogP contribution in [-0.4, -0.2) is 48.7 Å². The molecule has 1 saturated heterocycles. The van der Waals surface area contributed by atoms with E-state index in [-0.39, 0.29) is 24.3 Å². The molecule has 1 aliphatic rings. The summed E-state index contributed by atoms with van der Waals surface area (Å²) in [4.78, 5) is 0. The summed E-state index contributed by atoms with van der Waals surface area (Å²) < 4.78 is 26.0. The maximum absolute atomic E-state index is 12.2. The number of rotatable bonds is 5. The van der Waals surface area contributed by atoms with Crippen LogP contribution in [0.15, 0.2) is 0 Å². The lowest BCUT2D eigenvalue weighted by Gasteiger charge is -2.28. The van der Waals surface area contributed by atoms with E-state index < -0.39 is 10.0 Å². The molecule has 1 fully saturated rings. The summed E-state index contributed by atoms with van der Waals surface area (Å²) in [6.45, 7) is 2.27. The SMILES string of the molecule is CC(CCl)CS(=O)(=O)N1CCCCCC1CO. The van der Waals surface area contributed by atoms with Gasteiger partial charge < -0.3 is 5.11 Å². The van der Waals surface area contributed by atoms with E-state index >= 15 is 0 Å². The zero-order valence-electron chi connectivity index (χ0n) is 10.3. The molecule has 2 unspecified atom stereocenters. The van der Waals surface area contributed by atoms with E-state index in [1.54, 1.807) is 0 Å². The zero-order chi connectivity index (χ0) is 12.9. The molecule has 1 rings (SSSR count). The smallest absolute Gasteiger partial charge is 0.214 e. The van der Waals surface area contributed by atoms with Crippen molar-refractivity contribution in [3.8, 4) is 0 Å². The lowest BCUT2D eigenvalue weighted by atomic mass is 10.1. The summed E-state index contributed by atoms with van der Waals surface area (Å²) >= 11 is 5.67. The number of sulfonamides is 1. The quantitative estimate of drug-likeness (QED) is 0.777. The first-order valence-electron chi connectivity index (χ1n) is 6.17. The van der Waals surface area contributed by atoms with Gasteiger partial charge in [0.05, 0.1) is 12.4 Å². The maximum atomic E-state index is 12.2. The molecule has 1 N–H and O–H groups in total. The fraction of sp³-hybridized carbons (Fsp3) is 1.00. The zero-order valence-corrected chi connectivity index (χ0v) is 11.9. The van der Waals surface area contributed by atoms with Gasteiger partial charge in [-0.25, -0.2) is 8.42 Å². The molecule has 0 saturated carbocycles. The van der Waals surface area contributed by atoms with Crippen molar-refractivity contribution in [1.82, 2.24) is 4.31 Å². The van der Waals surface area contributed by atoms with Gasteiger partial charge >= 0.3 is 0 Å². The lowest BCUT2D eigenvalue weighted by Crippen LogP contribution is -2.44. The van der Waals surface area contributed by atoms with E-state index in [9.17, 15) is 13.5 Å². The van der Waals surface area contributed by atoms with Crippen LogP contribution in [-0.2, 0) is 10.0 Å².